The van der Waals surface area contributed by atoms with Crippen molar-refractivity contribution < 1.29 is 4.79 Å². The molecule has 2 aromatic carbocycles. The van der Waals surface area contributed by atoms with Crippen LogP contribution in [0, 0.1) is 0 Å². The number of rotatable bonds is 3. The average Bonchev–Trinajstić information content (AvgIpc) is 3.43. The van der Waals surface area contributed by atoms with Crippen molar-refractivity contribution in [1.82, 2.24) is 15.1 Å². The Kier molecular flexibility index (Phi) is 4.24. The molecule has 0 atom stereocenters. The van der Waals surface area contributed by atoms with E-state index in [-0.39, 0.29) is 5.91 Å². The number of nitrogens with one attached hydrogen (secondary N) is 1. The number of anilines is 2. The van der Waals surface area contributed by atoms with Crippen molar-refractivity contribution in [3.63, 3.8) is 0 Å². The summed E-state index contributed by atoms with van der Waals surface area (Å²) in [5, 5.41) is 6.63. The molecule has 0 unspecified atom stereocenters. The molecule has 3 aromatic rings. The third kappa shape index (κ3) is 3.11. The van der Waals surface area contributed by atoms with Gasteiger partial charge in [-0.25, -0.2) is 0 Å². The van der Waals surface area contributed by atoms with Gasteiger partial charge < -0.3 is 14.7 Å². The summed E-state index contributed by atoms with van der Waals surface area (Å²) in [5.41, 5.74) is 5.88. The lowest BCUT2D eigenvalue weighted by Crippen LogP contribution is -2.48. The Balaban J connectivity index is 1.21. The predicted octanol–water partition coefficient (Wildman–Crippen LogP) is 2.89. The predicted molar refractivity (Wildman–Crippen MR) is 109 cm³/mol. The van der Waals surface area contributed by atoms with E-state index in [0.29, 0.717) is 5.69 Å². The maximum atomic E-state index is 12.4. The lowest BCUT2D eigenvalue weighted by molar-refractivity contribution is 0.0741. The van der Waals surface area contributed by atoms with E-state index in [4.69, 9.17) is 0 Å². The van der Waals surface area contributed by atoms with Crippen molar-refractivity contribution in [2.75, 3.05) is 36.0 Å². The third-order valence-electron chi connectivity index (χ3n) is 5.72. The molecular formula is C22H23N5O. The van der Waals surface area contributed by atoms with E-state index in [1.807, 2.05) is 4.90 Å². The lowest BCUT2D eigenvalue weighted by atomic mass is 10.1. The maximum absolute atomic E-state index is 12.4. The van der Waals surface area contributed by atoms with Gasteiger partial charge in [0, 0.05) is 56.8 Å². The van der Waals surface area contributed by atoms with Crippen molar-refractivity contribution in [3.05, 3.63) is 77.6 Å². The van der Waals surface area contributed by atoms with E-state index in [0.717, 1.165) is 39.3 Å². The first-order valence-corrected chi connectivity index (χ1v) is 9.73. The van der Waals surface area contributed by atoms with Gasteiger partial charge in [-0.05, 0) is 41.5 Å². The summed E-state index contributed by atoms with van der Waals surface area (Å²) in [6.07, 6.45) is 1.61. The molecule has 5 rings (SSSR count). The molecule has 28 heavy (non-hydrogen) atoms. The second-order valence-electron chi connectivity index (χ2n) is 7.39. The van der Waals surface area contributed by atoms with Gasteiger partial charge in [-0.3, -0.25) is 9.89 Å². The quantitative estimate of drug-likeness (QED) is 0.767. The normalized spacial score (nSPS) is 16.4. The minimum atomic E-state index is 0.0288. The van der Waals surface area contributed by atoms with Crippen LogP contribution >= 0.6 is 0 Å². The highest BCUT2D eigenvalue weighted by Crippen LogP contribution is 2.29. The summed E-state index contributed by atoms with van der Waals surface area (Å²) >= 11 is 0. The van der Waals surface area contributed by atoms with Gasteiger partial charge in [0.1, 0.15) is 5.69 Å². The first kappa shape index (κ1) is 16.9. The molecule has 3 heterocycles. The second kappa shape index (κ2) is 7.03. The molecule has 0 radical (unpaired) electrons. The number of aromatic nitrogens is 2. The Morgan fingerprint density at radius 1 is 0.786 bits per heavy atom. The smallest absolute Gasteiger partial charge is 0.271 e. The highest BCUT2D eigenvalue weighted by atomic mass is 16.2. The number of carbonyl (C=O) groups excluding carboxylic acids is 1. The summed E-state index contributed by atoms with van der Waals surface area (Å²) < 4.78 is 0. The Morgan fingerprint density at radius 3 is 1.96 bits per heavy atom. The molecule has 0 saturated carbocycles. The monoisotopic (exact) mass is 373 g/mol. The first-order chi connectivity index (χ1) is 13.8. The standard InChI is InChI=1S/C22H23N5O/c28-22(21-9-10-23-24-21)26-13-11-25(12-14-26)19-5-7-20(8-6-19)27-15-17-3-1-2-4-18(17)16-27/h1-10H,11-16H2,(H,23,24). The minimum Gasteiger partial charge on any atom is -0.368 e. The van der Waals surface area contributed by atoms with Crippen LogP contribution in [0.5, 0.6) is 0 Å². The van der Waals surface area contributed by atoms with E-state index >= 15 is 0 Å². The second-order valence-corrected chi connectivity index (χ2v) is 7.39. The fraction of sp³-hybridized carbons (Fsp3) is 0.273. The topological polar surface area (TPSA) is 55.5 Å². The fourth-order valence-electron chi connectivity index (χ4n) is 4.10. The van der Waals surface area contributed by atoms with Gasteiger partial charge in [0.05, 0.1) is 0 Å². The number of amides is 1. The third-order valence-corrected chi connectivity index (χ3v) is 5.72. The van der Waals surface area contributed by atoms with Crippen LogP contribution < -0.4 is 9.80 Å². The number of aromatic amines is 1. The van der Waals surface area contributed by atoms with Gasteiger partial charge in [-0.15, -0.1) is 0 Å². The van der Waals surface area contributed by atoms with Gasteiger partial charge in [0.15, 0.2) is 0 Å². The molecule has 2 aliphatic rings. The van der Waals surface area contributed by atoms with Crippen LogP contribution in [0.2, 0.25) is 0 Å². The van der Waals surface area contributed by atoms with Crippen molar-refractivity contribution in [2.24, 2.45) is 0 Å². The van der Waals surface area contributed by atoms with E-state index in [1.54, 1.807) is 12.3 Å². The molecule has 1 fully saturated rings. The van der Waals surface area contributed by atoms with Crippen molar-refractivity contribution >= 4 is 17.3 Å². The van der Waals surface area contributed by atoms with Crippen LogP contribution in [-0.4, -0.2) is 47.2 Å². The van der Waals surface area contributed by atoms with Crippen LogP contribution in [0.3, 0.4) is 0 Å². The van der Waals surface area contributed by atoms with Crippen molar-refractivity contribution in [2.45, 2.75) is 13.1 Å². The molecule has 1 saturated heterocycles. The largest absolute Gasteiger partial charge is 0.368 e. The first-order valence-electron chi connectivity index (χ1n) is 9.73. The molecule has 0 aliphatic carbocycles. The SMILES string of the molecule is O=C(c1ccn[nH]1)N1CCN(c2ccc(N3Cc4ccccc4C3)cc2)CC1. The van der Waals surface area contributed by atoms with Crippen molar-refractivity contribution in [3.8, 4) is 0 Å². The van der Waals surface area contributed by atoms with Gasteiger partial charge in [-0.2, -0.15) is 5.10 Å². The number of piperazine rings is 1. The highest BCUT2D eigenvalue weighted by molar-refractivity contribution is 5.92. The van der Waals surface area contributed by atoms with Crippen LogP contribution in [0.15, 0.2) is 60.8 Å². The number of fused-ring (bicyclic) bond motifs is 1. The van der Waals surface area contributed by atoms with E-state index < -0.39 is 0 Å². The fourth-order valence-corrected chi connectivity index (χ4v) is 4.10. The van der Waals surface area contributed by atoms with Gasteiger partial charge in [0.2, 0.25) is 0 Å². The van der Waals surface area contributed by atoms with E-state index in [9.17, 15) is 4.79 Å². The molecule has 1 aromatic heterocycles. The Morgan fingerprint density at radius 2 is 1.39 bits per heavy atom. The summed E-state index contributed by atoms with van der Waals surface area (Å²) in [6.45, 7) is 5.08. The highest BCUT2D eigenvalue weighted by Gasteiger charge is 2.23. The van der Waals surface area contributed by atoms with E-state index in [2.05, 4.69) is 68.5 Å². The number of carbonyl (C=O) groups is 1. The lowest BCUT2D eigenvalue weighted by Gasteiger charge is -2.36. The maximum Gasteiger partial charge on any atom is 0.271 e. The molecule has 6 nitrogen and oxygen atoms in total. The summed E-state index contributed by atoms with van der Waals surface area (Å²) in [4.78, 5) is 19.1. The molecule has 0 spiro atoms. The summed E-state index contributed by atoms with van der Waals surface area (Å²) in [7, 11) is 0. The Bertz CT molecular complexity index is 934. The zero-order valence-corrected chi connectivity index (χ0v) is 15.7. The summed E-state index contributed by atoms with van der Waals surface area (Å²) in [6, 6.07) is 19.2. The molecule has 6 heteroatoms. The van der Waals surface area contributed by atoms with Gasteiger partial charge in [0.25, 0.3) is 5.91 Å². The molecule has 0 bridgehead atoms. The molecule has 1 amide bonds. The molecular weight excluding hydrogens is 350 g/mol. The number of H-pyrrole nitrogens is 1. The Labute approximate surface area is 164 Å². The summed E-state index contributed by atoms with van der Waals surface area (Å²) in [5.74, 6) is 0.0288. The van der Waals surface area contributed by atoms with Gasteiger partial charge in [-0.1, -0.05) is 24.3 Å². The van der Waals surface area contributed by atoms with Gasteiger partial charge >= 0.3 is 0 Å². The Hall–Kier alpha value is -3.28. The molecule has 1 N–H and O–H groups in total. The minimum absolute atomic E-state index is 0.0288. The number of hydrogen-bond acceptors (Lipinski definition) is 4. The van der Waals surface area contributed by atoms with Crippen LogP contribution in [-0.2, 0) is 13.1 Å². The molecule has 2 aliphatic heterocycles. The average molecular weight is 373 g/mol. The molecule has 142 valence electrons. The number of nitrogens with zero attached hydrogens (tertiary/aromatic N) is 4. The van der Waals surface area contributed by atoms with Crippen molar-refractivity contribution in [1.29, 1.82) is 0 Å². The van der Waals surface area contributed by atoms with Crippen LogP contribution in [0.4, 0.5) is 11.4 Å². The number of hydrogen-bond donors (Lipinski definition) is 1. The number of benzene rings is 2. The zero-order chi connectivity index (χ0) is 18.9. The van der Waals surface area contributed by atoms with Crippen LogP contribution in [0.25, 0.3) is 0 Å². The van der Waals surface area contributed by atoms with E-state index in [1.165, 1.54) is 22.5 Å². The van der Waals surface area contributed by atoms with Crippen LogP contribution in [0.1, 0.15) is 21.6 Å². The zero-order valence-electron chi connectivity index (χ0n) is 15.7.